The van der Waals surface area contributed by atoms with Gasteiger partial charge in [0, 0.05) is 22.8 Å². The van der Waals surface area contributed by atoms with E-state index in [0.29, 0.717) is 17.7 Å². The molecule has 1 aromatic heterocycles. The van der Waals surface area contributed by atoms with Crippen LogP contribution in [0.25, 0.3) is 11.3 Å². The van der Waals surface area contributed by atoms with Crippen LogP contribution < -0.4 is 5.56 Å². The third kappa shape index (κ3) is 5.29. The normalized spacial score (nSPS) is 12.9. The van der Waals surface area contributed by atoms with Crippen molar-refractivity contribution in [1.29, 1.82) is 5.26 Å². The van der Waals surface area contributed by atoms with Gasteiger partial charge in [-0.1, -0.05) is 48.3 Å². The van der Waals surface area contributed by atoms with Crippen LogP contribution in [0.3, 0.4) is 0 Å². The molecule has 36 heavy (non-hydrogen) atoms. The van der Waals surface area contributed by atoms with Crippen molar-refractivity contribution in [3.8, 4) is 29.2 Å². The van der Waals surface area contributed by atoms with Crippen LogP contribution in [0.1, 0.15) is 35.1 Å². The number of alkyl halides is 3. The van der Waals surface area contributed by atoms with Gasteiger partial charge in [0.15, 0.2) is 0 Å². The monoisotopic (exact) mass is 492 g/mol. The number of pyridine rings is 1. The van der Waals surface area contributed by atoms with E-state index >= 15 is 0 Å². The van der Waals surface area contributed by atoms with E-state index in [-0.39, 0.29) is 16.8 Å². The highest BCUT2D eigenvalue weighted by Gasteiger charge is 2.36. The minimum absolute atomic E-state index is 0.124. The van der Waals surface area contributed by atoms with Crippen LogP contribution in [0.15, 0.2) is 77.1 Å². The molecule has 1 heterocycles. The van der Waals surface area contributed by atoms with Crippen LogP contribution in [0, 0.1) is 34.8 Å². The Morgan fingerprint density at radius 2 is 1.75 bits per heavy atom. The Kier molecular flexibility index (Phi) is 6.89. The van der Waals surface area contributed by atoms with Gasteiger partial charge in [0.25, 0.3) is 5.56 Å². The summed E-state index contributed by atoms with van der Waals surface area (Å²) in [6.45, 7) is -0.504. The van der Waals surface area contributed by atoms with Crippen molar-refractivity contribution < 1.29 is 22.0 Å². The second kappa shape index (κ2) is 10.1. The van der Waals surface area contributed by atoms with Crippen molar-refractivity contribution in [2.75, 3.05) is 0 Å². The molecule has 4 rings (SSSR count). The summed E-state index contributed by atoms with van der Waals surface area (Å²) in [6, 6.07) is 10.9. The fourth-order valence-electron chi connectivity index (χ4n) is 3.78. The molecule has 0 saturated heterocycles. The average Bonchev–Trinajstić information content (AvgIpc) is 2.85. The van der Waals surface area contributed by atoms with Crippen LogP contribution in [-0.4, -0.2) is 4.57 Å². The Bertz CT molecular complexity index is 1540. The van der Waals surface area contributed by atoms with Gasteiger partial charge in [-0.3, -0.25) is 4.79 Å². The SMILES string of the molecule is N#Cc1c(C(F)(F)F)cc(-c2ccc(C#CC3=CC=CCC3)cc2)n(Cc2ccc(F)cc2F)c1=O. The smallest absolute Gasteiger partial charge is 0.303 e. The molecule has 1 aliphatic carbocycles. The lowest BCUT2D eigenvalue weighted by Crippen LogP contribution is -2.29. The molecule has 1 aliphatic rings. The maximum Gasteiger partial charge on any atom is 0.417 e. The lowest BCUT2D eigenvalue weighted by atomic mass is 10.0. The molecule has 0 saturated carbocycles. The second-order valence-corrected chi connectivity index (χ2v) is 8.04. The molecule has 0 amide bonds. The number of nitrogens with zero attached hydrogens (tertiary/aromatic N) is 2. The number of aromatic nitrogens is 1. The van der Waals surface area contributed by atoms with E-state index in [1.165, 1.54) is 18.2 Å². The van der Waals surface area contributed by atoms with E-state index in [4.69, 9.17) is 0 Å². The van der Waals surface area contributed by atoms with Crippen LogP contribution in [0.2, 0.25) is 0 Å². The maximum atomic E-state index is 14.3. The van der Waals surface area contributed by atoms with Crippen molar-refractivity contribution in [3.05, 3.63) is 117 Å². The summed E-state index contributed by atoms with van der Waals surface area (Å²) < 4.78 is 69.6. The van der Waals surface area contributed by atoms with Gasteiger partial charge in [-0.05, 0) is 42.7 Å². The van der Waals surface area contributed by atoms with Crippen LogP contribution in [0.5, 0.6) is 0 Å². The summed E-state index contributed by atoms with van der Waals surface area (Å²) in [4.78, 5) is 13.0. The molecule has 180 valence electrons. The molecule has 2 aromatic carbocycles. The predicted octanol–water partition coefficient (Wildman–Crippen LogP) is 6.36. The Morgan fingerprint density at radius 3 is 2.36 bits per heavy atom. The molecule has 8 heteroatoms. The highest BCUT2D eigenvalue weighted by molar-refractivity contribution is 5.64. The second-order valence-electron chi connectivity index (χ2n) is 8.04. The molecular weight excluding hydrogens is 475 g/mol. The highest BCUT2D eigenvalue weighted by Crippen LogP contribution is 2.34. The van der Waals surface area contributed by atoms with Gasteiger partial charge in [0.05, 0.1) is 17.8 Å². The summed E-state index contributed by atoms with van der Waals surface area (Å²) in [5.41, 5.74) is -2.22. The van der Waals surface area contributed by atoms with Crippen molar-refractivity contribution >= 4 is 0 Å². The van der Waals surface area contributed by atoms with E-state index in [9.17, 15) is 32.0 Å². The van der Waals surface area contributed by atoms with Crippen LogP contribution in [-0.2, 0) is 12.7 Å². The van der Waals surface area contributed by atoms with Crippen molar-refractivity contribution in [2.45, 2.75) is 25.6 Å². The Labute approximate surface area is 203 Å². The van der Waals surface area contributed by atoms with Gasteiger partial charge in [0.1, 0.15) is 23.3 Å². The topological polar surface area (TPSA) is 45.8 Å². The fraction of sp³-hybridized carbons (Fsp3) is 0.143. The number of hydrogen-bond acceptors (Lipinski definition) is 2. The van der Waals surface area contributed by atoms with E-state index in [1.807, 2.05) is 18.2 Å². The molecule has 0 spiro atoms. The highest BCUT2D eigenvalue weighted by atomic mass is 19.4. The first-order valence-electron chi connectivity index (χ1n) is 10.8. The van der Waals surface area contributed by atoms with Crippen LogP contribution in [0.4, 0.5) is 22.0 Å². The summed E-state index contributed by atoms with van der Waals surface area (Å²) in [5, 5.41) is 9.30. The molecule has 0 fully saturated rings. The molecule has 0 atom stereocenters. The first-order chi connectivity index (χ1) is 17.2. The third-order valence-electron chi connectivity index (χ3n) is 5.62. The van der Waals surface area contributed by atoms with E-state index < -0.39 is 41.0 Å². The van der Waals surface area contributed by atoms with E-state index in [1.54, 1.807) is 12.1 Å². The zero-order valence-corrected chi connectivity index (χ0v) is 18.7. The van der Waals surface area contributed by atoms with E-state index in [0.717, 1.165) is 35.1 Å². The number of halogens is 5. The van der Waals surface area contributed by atoms with Gasteiger partial charge < -0.3 is 4.57 Å². The average molecular weight is 492 g/mol. The summed E-state index contributed by atoms with van der Waals surface area (Å²) in [5.74, 6) is 4.24. The van der Waals surface area contributed by atoms with Gasteiger partial charge in [-0.15, -0.1) is 0 Å². The fourth-order valence-corrected chi connectivity index (χ4v) is 3.78. The molecule has 3 nitrogen and oxygen atoms in total. The summed E-state index contributed by atoms with van der Waals surface area (Å²) >= 11 is 0. The molecule has 0 unspecified atom stereocenters. The van der Waals surface area contributed by atoms with Crippen molar-refractivity contribution in [1.82, 2.24) is 4.57 Å². The maximum absolute atomic E-state index is 14.3. The number of benzene rings is 2. The van der Waals surface area contributed by atoms with E-state index in [2.05, 4.69) is 11.8 Å². The zero-order valence-electron chi connectivity index (χ0n) is 18.7. The summed E-state index contributed by atoms with van der Waals surface area (Å²) in [7, 11) is 0. The lowest BCUT2D eigenvalue weighted by Gasteiger charge is -2.18. The van der Waals surface area contributed by atoms with Crippen molar-refractivity contribution in [2.24, 2.45) is 0 Å². The minimum Gasteiger partial charge on any atom is -0.303 e. The summed E-state index contributed by atoms with van der Waals surface area (Å²) in [6.07, 6.45) is 2.61. The van der Waals surface area contributed by atoms with Gasteiger partial charge >= 0.3 is 6.18 Å². The Balaban J connectivity index is 1.83. The molecule has 0 N–H and O–H groups in total. The Hall–Kier alpha value is -4.43. The third-order valence-corrected chi connectivity index (χ3v) is 5.62. The van der Waals surface area contributed by atoms with Gasteiger partial charge in [-0.25, -0.2) is 8.78 Å². The molecule has 0 bridgehead atoms. The first kappa shape index (κ1) is 24.7. The molecular formula is C28H17F5N2O. The quantitative estimate of drug-likeness (QED) is 0.316. The standard InChI is InChI=1S/C28H17F5N2O/c29-22-13-12-21(25(30)14-22)17-35-26(15-24(28(31,32)33)23(16-34)27(35)36)20-10-8-19(9-11-20)7-6-18-4-2-1-3-5-18/h1-2,4,8-15H,3,5,17H2. The van der Waals surface area contributed by atoms with Gasteiger partial charge in [-0.2, -0.15) is 18.4 Å². The minimum atomic E-state index is -4.97. The lowest BCUT2D eigenvalue weighted by molar-refractivity contribution is -0.137. The molecule has 0 aliphatic heterocycles. The number of rotatable bonds is 3. The van der Waals surface area contributed by atoms with Crippen LogP contribution >= 0.6 is 0 Å². The van der Waals surface area contributed by atoms with Gasteiger partial charge in [0.2, 0.25) is 0 Å². The van der Waals surface area contributed by atoms with Crippen molar-refractivity contribution in [3.63, 3.8) is 0 Å². The Morgan fingerprint density at radius 1 is 1.00 bits per heavy atom. The predicted molar refractivity (Wildman–Crippen MR) is 125 cm³/mol. The number of hydrogen-bond donors (Lipinski definition) is 0. The number of allylic oxidation sites excluding steroid dienone is 4. The molecule has 0 radical (unpaired) electrons. The first-order valence-corrected chi connectivity index (χ1v) is 10.8. The number of nitriles is 1. The molecule has 3 aromatic rings. The largest absolute Gasteiger partial charge is 0.417 e. The zero-order chi connectivity index (χ0) is 25.9.